The van der Waals surface area contributed by atoms with E-state index in [0.29, 0.717) is 0 Å². The summed E-state index contributed by atoms with van der Waals surface area (Å²) in [4.78, 5) is 3.68. The van der Waals surface area contributed by atoms with Crippen molar-refractivity contribution < 1.29 is 0 Å². The van der Waals surface area contributed by atoms with E-state index >= 15 is 0 Å². The van der Waals surface area contributed by atoms with Crippen LogP contribution in [-0.2, 0) is 0 Å². The molecule has 0 aliphatic carbocycles. The van der Waals surface area contributed by atoms with Crippen molar-refractivity contribution in [1.82, 2.24) is 0 Å². The van der Waals surface area contributed by atoms with E-state index < -0.39 is 0 Å². The van der Waals surface area contributed by atoms with Gasteiger partial charge in [0.15, 0.2) is 0 Å². The first-order chi connectivity index (χ1) is 11.4. The summed E-state index contributed by atoms with van der Waals surface area (Å²) in [6, 6.07) is 2.43. The summed E-state index contributed by atoms with van der Waals surface area (Å²) in [5.74, 6) is 44.5. The Bertz CT molecular complexity index is 1070. The molecule has 2 heteroatoms. The predicted molar refractivity (Wildman–Crippen MR) is 92.7 cm³/mol. The summed E-state index contributed by atoms with van der Waals surface area (Å²) in [6.45, 7) is 1.70. The third kappa shape index (κ3) is 17.5. The molecule has 0 spiro atoms. The molecule has 0 N–H and O–H groups in total. The van der Waals surface area contributed by atoms with Crippen molar-refractivity contribution in [2.24, 2.45) is 4.90 Å². The summed E-state index contributed by atoms with van der Waals surface area (Å²) in [5, 5.41) is 0. The third-order valence-corrected chi connectivity index (χ3v) is 1.33. The molecule has 1 nitrogen and oxygen atoms in total. The van der Waals surface area contributed by atoms with Crippen LogP contribution in [0.15, 0.2) is 4.90 Å². The second kappa shape index (κ2) is 17.5. The van der Waals surface area contributed by atoms with Crippen LogP contribution in [0.3, 0.4) is 0 Å². The maximum absolute atomic E-state index is 4.91. The normalized spacial score (nSPS) is 4.52. The van der Waals surface area contributed by atoms with Crippen LogP contribution < -0.4 is 0 Å². The molecular weight excluding hydrogens is 277 g/mol. The van der Waals surface area contributed by atoms with Gasteiger partial charge in [-0.2, -0.15) is 0 Å². The molecule has 0 unspecified atom stereocenters. The fourth-order valence-electron chi connectivity index (χ4n) is 0.635. The first-order valence-electron chi connectivity index (χ1n) is 5.81. The van der Waals surface area contributed by atoms with Crippen LogP contribution in [0, 0.1) is 119 Å². The van der Waals surface area contributed by atoms with E-state index in [9.17, 15) is 0 Å². The third-order valence-electron chi connectivity index (χ3n) is 1.33. The molecular formula is C21H4BN. The van der Waals surface area contributed by atoms with Gasteiger partial charge in [-0.15, -0.1) is 0 Å². The minimum atomic E-state index is 1.30. The van der Waals surface area contributed by atoms with Crippen LogP contribution in [0.2, 0.25) is 0 Å². The second-order valence-corrected chi connectivity index (χ2v) is 2.78. The number of hydrogen-bond donors (Lipinski definition) is 0. The van der Waals surface area contributed by atoms with Crippen LogP contribution in [0.1, 0.15) is 6.92 Å². The van der Waals surface area contributed by atoms with Crippen molar-refractivity contribution in [1.29, 1.82) is 0 Å². The van der Waals surface area contributed by atoms with Crippen molar-refractivity contribution in [3.63, 3.8) is 0 Å². The van der Waals surface area contributed by atoms with Gasteiger partial charge < -0.3 is 0 Å². The van der Waals surface area contributed by atoms with Gasteiger partial charge in [0.05, 0.1) is 0 Å². The Morgan fingerprint density at radius 1 is 0.609 bits per heavy atom. The SMILES string of the molecule is C#CC#CC#CC#CC#CB=NC#CC#CC#CC#CC#CC. The van der Waals surface area contributed by atoms with Gasteiger partial charge in [0.25, 0.3) is 0 Å². The zero-order valence-corrected chi connectivity index (χ0v) is 12.1. The molecule has 0 rings (SSSR count). The standard InChI is InChI=1S/C21H4BN/c1-3-5-7-9-11-13-15-17-19-21-23-22-20-18-16-14-12-10-8-6-4-2/h2H,1H3. The van der Waals surface area contributed by atoms with Gasteiger partial charge >= 0.3 is 138 Å². The van der Waals surface area contributed by atoms with Gasteiger partial charge in [-0.1, -0.05) is 0 Å². The maximum atomic E-state index is 4.91. The predicted octanol–water partition coefficient (Wildman–Crippen LogP) is 0.473. The molecule has 96 valence electrons. The average Bonchev–Trinajstić information content (AvgIpc) is 2.57. The molecule has 0 atom stereocenters. The van der Waals surface area contributed by atoms with Gasteiger partial charge in [-0.3, -0.25) is 0 Å². The van der Waals surface area contributed by atoms with Crippen molar-refractivity contribution in [2.75, 3.05) is 0 Å². The van der Waals surface area contributed by atoms with Gasteiger partial charge in [-0.25, -0.2) is 0 Å². The Balaban J connectivity index is 4.31. The number of nitrogens with zero attached hydrogens (tertiary/aromatic N) is 1. The number of rotatable bonds is 0. The number of hydrogen-bond acceptors (Lipinski definition) is 1. The van der Waals surface area contributed by atoms with Gasteiger partial charge in [0.2, 0.25) is 0 Å². The first-order valence-corrected chi connectivity index (χ1v) is 5.81. The number of terminal acetylenes is 1. The van der Waals surface area contributed by atoms with Crippen molar-refractivity contribution >= 4 is 7.07 Å². The molecule has 0 aromatic rings. The monoisotopic (exact) mass is 281 g/mol. The van der Waals surface area contributed by atoms with Crippen LogP contribution in [-0.4, -0.2) is 7.07 Å². The molecule has 0 aromatic carbocycles. The Morgan fingerprint density at radius 2 is 1.09 bits per heavy atom. The summed E-state index contributed by atoms with van der Waals surface area (Å²) in [7, 11) is 1.30. The quantitative estimate of drug-likeness (QED) is 0.452. The summed E-state index contributed by atoms with van der Waals surface area (Å²) in [5.41, 5.74) is 0. The van der Waals surface area contributed by atoms with E-state index in [1.54, 1.807) is 6.92 Å². The van der Waals surface area contributed by atoms with E-state index in [-0.39, 0.29) is 0 Å². The molecule has 0 radical (unpaired) electrons. The molecule has 0 saturated carbocycles. The first kappa shape index (κ1) is 18.5. The topological polar surface area (TPSA) is 12.4 Å². The van der Waals surface area contributed by atoms with E-state index in [2.05, 4.69) is 117 Å². The van der Waals surface area contributed by atoms with Crippen LogP contribution in [0.5, 0.6) is 0 Å². The van der Waals surface area contributed by atoms with Crippen molar-refractivity contribution in [3.05, 3.63) is 0 Å². The fraction of sp³-hybridized carbons (Fsp3) is 0.0476. The molecule has 0 bridgehead atoms. The van der Waals surface area contributed by atoms with Gasteiger partial charge in [0, 0.05) is 0 Å². The fourth-order valence-corrected chi connectivity index (χ4v) is 0.635. The minimum absolute atomic E-state index is 1.30. The zero-order valence-electron chi connectivity index (χ0n) is 12.1. The van der Waals surface area contributed by atoms with Crippen molar-refractivity contribution in [3.8, 4) is 119 Å². The van der Waals surface area contributed by atoms with Crippen LogP contribution >= 0.6 is 0 Å². The molecule has 0 aliphatic rings. The zero-order chi connectivity index (χ0) is 16.8. The van der Waals surface area contributed by atoms with Gasteiger partial charge in [0.1, 0.15) is 0 Å². The second-order valence-electron chi connectivity index (χ2n) is 2.78. The molecule has 23 heavy (non-hydrogen) atoms. The van der Waals surface area contributed by atoms with E-state index in [1.807, 2.05) is 0 Å². The molecule has 0 heterocycles. The molecule has 0 amide bonds. The van der Waals surface area contributed by atoms with Gasteiger partial charge in [-0.05, 0) is 0 Å². The van der Waals surface area contributed by atoms with E-state index in [1.165, 1.54) is 7.07 Å². The summed E-state index contributed by atoms with van der Waals surface area (Å²) >= 11 is 0. The van der Waals surface area contributed by atoms with E-state index in [4.69, 9.17) is 6.42 Å². The summed E-state index contributed by atoms with van der Waals surface area (Å²) in [6.07, 6.45) is 4.91. The molecule has 0 fully saturated rings. The van der Waals surface area contributed by atoms with E-state index in [0.717, 1.165) is 0 Å². The van der Waals surface area contributed by atoms with Crippen molar-refractivity contribution in [2.45, 2.75) is 6.92 Å². The molecule has 0 aromatic heterocycles. The Morgan fingerprint density at radius 3 is 1.65 bits per heavy atom. The van der Waals surface area contributed by atoms with Crippen LogP contribution in [0.25, 0.3) is 0 Å². The Hall–Kier alpha value is -4.54. The average molecular weight is 281 g/mol. The summed E-state index contributed by atoms with van der Waals surface area (Å²) < 4.78 is 0. The Labute approximate surface area is 138 Å². The Kier molecular flexibility index (Phi) is 14.0. The molecule has 0 aliphatic heterocycles. The van der Waals surface area contributed by atoms with Crippen LogP contribution in [0.4, 0.5) is 0 Å². The molecule has 0 saturated heterocycles.